The minimum atomic E-state index is -4.49. The van der Waals surface area contributed by atoms with Crippen molar-refractivity contribution in [2.24, 2.45) is 0 Å². The summed E-state index contributed by atoms with van der Waals surface area (Å²) < 4.78 is 46.1. The van der Waals surface area contributed by atoms with E-state index in [0.717, 1.165) is 29.8 Å². The third kappa shape index (κ3) is 4.71. The molecule has 0 aromatic carbocycles. The molecule has 2 heterocycles. The number of alkyl halides is 3. The van der Waals surface area contributed by atoms with Gasteiger partial charge in [0.1, 0.15) is 12.2 Å². The van der Waals surface area contributed by atoms with Crippen LogP contribution in [0.4, 0.5) is 18.9 Å². The highest BCUT2D eigenvalue weighted by Gasteiger charge is 2.37. The molecule has 30 heavy (non-hydrogen) atoms. The zero-order chi connectivity index (χ0) is 22.1. The quantitative estimate of drug-likeness (QED) is 0.371. The third-order valence-corrected chi connectivity index (χ3v) is 4.79. The SMILES string of the molecule is COc1nn(C(C)C(=O)NCCCn2nc(C(F)(F)F)cc2C2CC2)cc1[N+](=O)[O-]. The van der Waals surface area contributed by atoms with Gasteiger partial charge in [-0.05, 0) is 32.3 Å². The summed E-state index contributed by atoms with van der Waals surface area (Å²) in [5.41, 5.74) is -0.696. The Morgan fingerprint density at radius 3 is 2.67 bits per heavy atom. The number of nitro groups is 1. The summed E-state index contributed by atoms with van der Waals surface area (Å²) >= 11 is 0. The Labute approximate surface area is 169 Å². The van der Waals surface area contributed by atoms with Gasteiger partial charge < -0.3 is 10.1 Å². The molecule has 1 aliphatic carbocycles. The summed E-state index contributed by atoms with van der Waals surface area (Å²) in [6.45, 7) is 1.95. The predicted octanol–water partition coefficient (Wildman–Crippen LogP) is 2.66. The lowest BCUT2D eigenvalue weighted by Gasteiger charge is -2.12. The van der Waals surface area contributed by atoms with Crippen LogP contribution in [0.5, 0.6) is 5.88 Å². The minimum Gasteiger partial charge on any atom is -0.475 e. The van der Waals surface area contributed by atoms with E-state index < -0.39 is 28.7 Å². The average molecular weight is 430 g/mol. The largest absolute Gasteiger partial charge is 0.475 e. The van der Waals surface area contributed by atoms with Crippen molar-refractivity contribution in [1.82, 2.24) is 24.9 Å². The summed E-state index contributed by atoms with van der Waals surface area (Å²) in [4.78, 5) is 22.6. The van der Waals surface area contributed by atoms with Crippen molar-refractivity contribution >= 4 is 11.6 Å². The number of carbonyl (C=O) groups is 1. The van der Waals surface area contributed by atoms with Crippen molar-refractivity contribution < 1.29 is 27.6 Å². The second-order valence-electron chi connectivity index (χ2n) is 7.03. The van der Waals surface area contributed by atoms with Crippen LogP contribution in [0.15, 0.2) is 12.3 Å². The highest BCUT2D eigenvalue weighted by molar-refractivity contribution is 5.79. The van der Waals surface area contributed by atoms with E-state index in [1.807, 2.05) is 0 Å². The van der Waals surface area contributed by atoms with Crippen LogP contribution in [-0.4, -0.2) is 44.0 Å². The van der Waals surface area contributed by atoms with E-state index in [2.05, 4.69) is 15.5 Å². The normalized spacial score (nSPS) is 15.1. The van der Waals surface area contributed by atoms with Gasteiger partial charge in [0.2, 0.25) is 5.91 Å². The number of methoxy groups -OCH3 is 1. The van der Waals surface area contributed by atoms with Gasteiger partial charge in [-0.3, -0.25) is 19.6 Å². The Balaban J connectivity index is 1.55. The fourth-order valence-electron chi connectivity index (χ4n) is 3.00. The number of aryl methyl sites for hydroxylation is 1. The fraction of sp³-hybridized carbons (Fsp3) is 0.588. The molecule has 0 saturated heterocycles. The average Bonchev–Trinajstić information content (AvgIpc) is 3.27. The second kappa shape index (κ2) is 8.32. The van der Waals surface area contributed by atoms with Crippen LogP contribution in [0.1, 0.15) is 49.5 Å². The minimum absolute atomic E-state index is 0.105. The molecular formula is C17H21F3N6O4. The van der Waals surface area contributed by atoms with Crippen LogP contribution in [0.2, 0.25) is 0 Å². The van der Waals surface area contributed by atoms with Crippen LogP contribution in [0.3, 0.4) is 0 Å². The van der Waals surface area contributed by atoms with Crippen molar-refractivity contribution in [3.8, 4) is 5.88 Å². The molecule has 1 atom stereocenters. The lowest BCUT2D eigenvalue weighted by molar-refractivity contribution is -0.385. The molecule has 10 nitrogen and oxygen atoms in total. The van der Waals surface area contributed by atoms with Crippen LogP contribution in [0, 0.1) is 10.1 Å². The summed E-state index contributed by atoms with van der Waals surface area (Å²) in [6.07, 6.45) is -1.33. The van der Waals surface area contributed by atoms with Crippen molar-refractivity contribution in [1.29, 1.82) is 0 Å². The number of aromatic nitrogens is 4. The van der Waals surface area contributed by atoms with Crippen molar-refractivity contribution in [2.45, 2.75) is 50.9 Å². The van der Waals surface area contributed by atoms with Crippen LogP contribution in [-0.2, 0) is 17.5 Å². The molecule has 13 heteroatoms. The Bertz CT molecular complexity index is 935. The number of hydrogen-bond donors (Lipinski definition) is 1. The fourth-order valence-corrected chi connectivity index (χ4v) is 3.00. The zero-order valence-corrected chi connectivity index (χ0v) is 16.3. The summed E-state index contributed by atoms with van der Waals surface area (Å²) in [5, 5.41) is 21.2. The predicted molar refractivity (Wildman–Crippen MR) is 97.0 cm³/mol. The van der Waals surface area contributed by atoms with Gasteiger partial charge in [-0.2, -0.15) is 18.3 Å². The second-order valence-corrected chi connectivity index (χ2v) is 7.03. The first-order valence-corrected chi connectivity index (χ1v) is 9.32. The maximum absolute atomic E-state index is 12.9. The van der Waals surface area contributed by atoms with E-state index in [-0.39, 0.29) is 30.6 Å². The van der Waals surface area contributed by atoms with E-state index in [4.69, 9.17) is 4.74 Å². The lowest BCUT2D eigenvalue weighted by atomic mass is 10.2. The van der Waals surface area contributed by atoms with E-state index in [1.165, 1.54) is 18.7 Å². The van der Waals surface area contributed by atoms with E-state index >= 15 is 0 Å². The molecule has 1 aliphatic rings. The first kappa shape index (κ1) is 21.6. The van der Waals surface area contributed by atoms with Gasteiger partial charge >= 0.3 is 17.7 Å². The Morgan fingerprint density at radius 1 is 1.43 bits per heavy atom. The van der Waals surface area contributed by atoms with Crippen molar-refractivity contribution in [2.75, 3.05) is 13.7 Å². The lowest BCUT2D eigenvalue weighted by Crippen LogP contribution is -2.32. The van der Waals surface area contributed by atoms with Gasteiger partial charge in [-0.15, -0.1) is 5.10 Å². The molecule has 0 bridgehead atoms. The standard InChI is InChI=1S/C17H21F3N6O4/c1-10(25-9-13(26(28)29)16(23-25)30-2)15(27)21-6-3-7-24-12(11-4-5-11)8-14(22-24)17(18,19)20/h8-11H,3-7H2,1-2H3,(H,21,27). The molecule has 1 amide bonds. The van der Waals surface area contributed by atoms with Gasteiger partial charge in [0.15, 0.2) is 5.69 Å². The highest BCUT2D eigenvalue weighted by atomic mass is 19.4. The Kier molecular flexibility index (Phi) is 5.99. The van der Waals surface area contributed by atoms with Gasteiger partial charge in [-0.25, -0.2) is 4.68 Å². The number of hydrogen-bond acceptors (Lipinski definition) is 6. The number of ether oxygens (including phenoxy) is 1. The summed E-state index contributed by atoms with van der Waals surface area (Å²) in [7, 11) is 1.24. The van der Waals surface area contributed by atoms with Crippen LogP contribution < -0.4 is 10.1 Å². The maximum atomic E-state index is 12.9. The highest BCUT2D eigenvalue weighted by Crippen LogP contribution is 2.42. The molecular weight excluding hydrogens is 409 g/mol. The first-order valence-electron chi connectivity index (χ1n) is 9.32. The van der Waals surface area contributed by atoms with Crippen LogP contribution >= 0.6 is 0 Å². The number of rotatable bonds is 9. The smallest absolute Gasteiger partial charge is 0.435 e. The summed E-state index contributed by atoms with van der Waals surface area (Å²) in [6, 6.07) is 0.257. The third-order valence-electron chi connectivity index (χ3n) is 4.79. The van der Waals surface area contributed by atoms with Crippen molar-refractivity contribution in [3.63, 3.8) is 0 Å². The topological polar surface area (TPSA) is 117 Å². The molecule has 1 N–H and O–H groups in total. The van der Waals surface area contributed by atoms with E-state index in [0.29, 0.717) is 12.1 Å². The molecule has 2 aromatic heterocycles. The molecule has 0 aliphatic heterocycles. The maximum Gasteiger partial charge on any atom is 0.435 e. The van der Waals surface area contributed by atoms with E-state index in [1.54, 1.807) is 0 Å². The molecule has 1 fully saturated rings. The molecule has 1 unspecified atom stereocenters. The number of carbonyl (C=O) groups excluding carboxylic acids is 1. The number of nitrogens with zero attached hydrogens (tertiary/aromatic N) is 5. The monoisotopic (exact) mass is 430 g/mol. The molecule has 0 spiro atoms. The van der Waals surface area contributed by atoms with E-state index in [9.17, 15) is 28.1 Å². The van der Waals surface area contributed by atoms with Crippen LogP contribution in [0.25, 0.3) is 0 Å². The molecule has 164 valence electrons. The number of halogens is 3. The summed E-state index contributed by atoms with van der Waals surface area (Å²) in [5.74, 6) is -0.533. The van der Waals surface area contributed by atoms with Crippen molar-refractivity contribution in [3.05, 3.63) is 33.8 Å². The van der Waals surface area contributed by atoms with Gasteiger partial charge in [0.25, 0.3) is 0 Å². The molecule has 2 aromatic rings. The Morgan fingerprint density at radius 2 is 2.13 bits per heavy atom. The Hall–Kier alpha value is -3.12. The van der Waals surface area contributed by atoms with Gasteiger partial charge in [0, 0.05) is 24.7 Å². The first-order chi connectivity index (χ1) is 14.1. The van der Waals surface area contributed by atoms with Gasteiger partial charge in [0.05, 0.1) is 12.0 Å². The number of nitrogens with one attached hydrogen (secondary N) is 1. The molecule has 0 radical (unpaired) electrons. The molecule has 1 saturated carbocycles. The number of amides is 1. The zero-order valence-electron chi connectivity index (χ0n) is 16.3. The molecule has 3 rings (SSSR count). The van der Waals surface area contributed by atoms with Gasteiger partial charge in [-0.1, -0.05) is 0 Å².